The van der Waals surface area contributed by atoms with Gasteiger partial charge in [-0.05, 0) is 63.7 Å². The zero-order chi connectivity index (χ0) is 18.0. The fourth-order valence-electron chi connectivity index (χ4n) is 6.89. The highest BCUT2D eigenvalue weighted by Crippen LogP contribution is 2.67. The lowest BCUT2D eigenvalue weighted by atomic mass is 9.40. The summed E-state index contributed by atoms with van der Waals surface area (Å²) in [5.74, 6) is -0.789. The minimum absolute atomic E-state index is 0.0213. The molecule has 3 N–H and O–H groups in total. The molecule has 0 aliphatic heterocycles. The van der Waals surface area contributed by atoms with E-state index in [1.54, 1.807) is 0 Å². The van der Waals surface area contributed by atoms with Gasteiger partial charge in [0, 0.05) is 11.3 Å². The van der Waals surface area contributed by atoms with Crippen LogP contribution in [0.3, 0.4) is 0 Å². The summed E-state index contributed by atoms with van der Waals surface area (Å²) in [4.78, 5) is 12.0. The zero-order valence-electron chi connectivity index (χ0n) is 15.6. The second-order valence-corrected chi connectivity index (χ2v) is 9.60. The first-order valence-electron chi connectivity index (χ1n) is 9.70. The molecule has 3 saturated carbocycles. The number of hydrogen-bond donors (Lipinski definition) is 3. The van der Waals surface area contributed by atoms with Crippen molar-refractivity contribution < 1.29 is 20.1 Å². The zero-order valence-corrected chi connectivity index (χ0v) is 15.6. The van der Waals surface area contributed by atoms with Crippen molar-refractivity contribution in [1.29, 1.82) is 0 Å². The van der Waals surface area contributed by atoms with Crippen LogP contribution in [-0.2, 0) is 4.79 Å². The minimum atomic E-state index is -0.954. The molecule has 4 nitrogen and oxygen atoms in total. The first-order chi connectivity index (χ1) is 11.0. The number of carboxylic acids is 1. The maximum absolute atomic E-state index is 12.0. The summed E-state index contributed by atoms with van der Waals surface area (Å²) in [6, 6.07) is 0. The number of carbonyl (C=O) groups is 1. The lowest BCUT2D eigenvalue weighted by Gasteiger charge is -2.67. The molecule has 0 spiro atoms. The number of fused-ring (bicyclic) bond motifs is 3. The van der Waals surface area contributed by atoms with Gasteiger partial charge in [0.25, 0.3) is 0 Å². The van der Waals surface area contributed by atoms with Crippen LogP contribution in [-0.4, -0.2) is 32.5 Å². The van der Waals surface area contributed by atoms with Gasteiger partial charge in [-0.2, -0.15) is 0 Å². The van der Waals surface area contributed by atoms with E-state index in [0.29, 0.717) is 12.8 Å². The SMILES string of the molecule is CC(C)[C@]1(O)CCC[C@@]2(O)[C@H]1CC[C@@H]1[C@](C)(C(=O)O)CCC[C@@]12C. The van der Waals surface area contributed by atoms with Crippen molar-refractivity contribution in [3.8, 4) is 0 Å². The largest absolute Gasteiger partial charge is 0.481 e. The van der Waals surface area contributed by atoms with Crippen molar-refractivity contribution in [2.45, 2.75) is 90.3 Å². The highest BCUT2D eigenvalue weighted by molar-refractivity contribution is 5.75. The third-order valence-corrected chi connectivity index (χ3v) is 8.47. The van der Waals surface area contributed by atoms with E-state index in [1.807, 2.05) is 20.8 Å². The monoisotopic (exact) mass is 338 g/mol. The van der Waals surface area contributed by atoms with Gasteiger partial charge >= 0.3 is 5.97 Å². The van der Waals surface area contributed by atoms with Crippen LogP contribution >= 0.6 is 0 Å². The number of carboxylic acid groups (broad SMARTS) is 1. The molecule has 0 aromatic carbocycles. The Balaban J connectivity index is 2.07. The van der Waals surface area contributed by atoms with Crippen LogP contribution in [0.1, 0.15) is 79.1 Å². The van der Waals surface area contributed by atoms with E-state index in [0.717, 1.165) is 38.5 Å². The van der Waals surface area contributed by atoms with Crippen molar-refractivity contribution in [2.24, 2.45) is 28.6 Å². The molecule has 3 rings (SSSR count). The Bertz CT molecular complexity index is 532. The van der Waals surface area contributed by atoms with Gasteiger partial charge in [0.05, 0.1) is 16.6 Å². The fraction of sp³-hybridized carbons (Fsp3) is 0.950. The first kappa shape index (κ1) is 18.2. The smallest absolute Gasteiger partial charge is 0.309 e. The van der Waals surface area contributed by atoms with E-state index < -0.39 is 28.0 Å². The lowest BCUT2D eigenvalue weighted by Crippen LogP contribution is -2.70. The third kappa shape index (κ3) is 2.08. The summed E-state index contributed by atoms with van der Waals surface area (Å²) >= 11 is 0. The van der Waals surface area contributed by atoms with E-state index in [4.69, 9.17) is 0 Å². The highest BCUT2D eigenvalue weighted by Gasteiger charge is 2.69. The predicted molar refractivity (Wildman–Crippen MR) is 92.5 cm³/mol. The average molecular weight is 338 g/mol. The molecule has 4 heteroatoms. The topological polar surface area (TPSA) is 77.8 Å². The Morgan fingerprint density at radius 1 is 0.958 bits per heavy atom. The van der Waals surface area contributed by atoms with E-state index in [9.17, 15) is 20.1 Å². The predicted octanol–water partition coefficient (Wildman–Crippen LogP) is 3.60. The van der Waals surface area contributed by atoms with Crippen LogP contribution in [0, 0.1) is 28.6 Å². The molecule has 3 aliphatic carbocycles. The van der Waals surface area contributed by atoms with Crippen LogP contribution in [0.4, 0.5) is 0 Å². The highest BCUT2D eigenvalue weighted by atomic mass is 16.4. The molecule has 0 heterocycles. The van der Waals surface area contributed by atoms with Gasteiger partial charge < -0.3 is 15.3 Å². The normalized spacial score (nSPS) is 51.8. The summed E-state index contributed by atoms with van der Waals surface area (Å²) in [5.41, 5.74) is -2.98. The van der Waals surface area contributed by atoms with Gasteiger partial charge in [0.2, 0.25) is 0 Å². The van der Waals surface area contributed by atoms with Gasteiger partial charge in [0.1, 0.15) is 0 Å². The molecule has 0 aromatic heterocycles. The Morgan fingerprint density at radius 3 is 2.12 bits per heavy atom. The van der Waals surface area contributed by atoms with Crippen molar-refractivity contribution in [2.75, 3.05) is 0 Å². The van der Waals surface area contributed by atoms with Gasteiger partial charge in [-0.25, -0.2) is 0 Å². The molecule has 0 radical (unpaired) electrons. The van der Waals surface area contributed by atoms with E-state index in [2.05, 4.69) is 6.92 Å². The maximum atomic E-state index is 12.0. The van der Waals surface area contributed by atoms with Crippen molar-refractivity contribution >= 4 is 5.97 Å². The molecule has 0 aromatic rings. The molecule has 0 amide bonds. The van der Waals surface area contributed by atoms with Gasteiger partial charge in [-0.3, -0.25) is 4.79 Å². The Labute approximate surface area is 145 Å². The number of hydrogen-bond acceptors (Lipinski definition) is 3. The lowest BCUT2D eigenvalue weighted by molar-refractivity contribution is -0.276. The number of aliphatic hydroxyl groups is 2. The molecule has 6 atom stereocenters. The van der Waals surface area contributed by atoms with Crippen LogP contribution in [0.2, 0.25) is 0 Å². The maximum Gasteiger partial charge on any atom is 0.309 e. The summed E-state index contributed by atoms with van der Waals surface area (Å²) in [6.45, 7) is 8.07. The first-order valence-corrected chi connectivity index (χ1v) is 9.70. The van der Waals surface area contributed by atoms with Gasteiger partial charge in [-0.15, -0.1) is 0 Å². The van der Waals surface area contributed by atoms with Crippen LogP contribution < -0.4 is 0 Å². The molecule has 138 valence electrons. The summed E-state index contributed by atoms with van der Waals surface area (Å²) in [6.07, 6.45) is 6.16. The molecule has 24 heavy (non-hydrogen) atoms. The fourth-order valence-corrected chi connectivity index (χ4v) is 6.89. The molecular formula is C20H34O4. The number of rotatable bonds is 2. The van der Waals surface area contributed by atoms with Gasteiger partial charge in [-0.1, -0.05) is 27.2 Å². The average Bonchev–Trinajstić information content (AvgIpc) is 2.48. The van der Waals surface area contributed by atoms with Crippen molar-refractivity contribution in [3.63, 3.8) is 0 Å². The van der Waals surface area contributed by atoms with Crippen molar-refractivity contribution in [1.82, 2.24) is 0 Å². The van der Waals surface area contributed by atoms with Crippen LogP contribution in [0.15, 0.2) is 0 Å². The summed E-state index contributed by atoms with van der Waals surface area (Å²) < 4.78 is 0. The molecule has 3 fully saturated rings. The Morgan fingerprint density at radius 2 is 1.54 bits per heavy atom. The molecule has 0 bridgehead atoms. The second-order valence-electron chi connectivity index (χ2n) is 9.60. The third-order valence-electron chi connectivity index (χ3n) is 8.47. The molecule has 3 aliphatic rings. The van der Waals surface area contributed by atoms with E-state index in [-0.39, 0.29) is 17.8 Å². The molecule has 0 unspecified atom stereocenters. The summed E-state index contributed by atoms with van der Waals surface area (Å²) in [5, 5.41) is 33.2. The Kier molecular flexibility index (Phi) is 4.12. The molecular weight excluding hydrogens is 304 g/mol. The van der Waals surface area contributed by atoms with E-state index in [1.165, 1.54) is 0 Å². The van der Waals surface area contributed by atoms with E-state index >= 15 is 0 Å². The van der Waals surface area contributed by atoms with Crippen LogP contribution in [0.25, 0.3) is 0 Å². The Hall–Kier alpha value is -0.610. The van der Waals surface area contributed by atoms with Crippen LogP contribution in [0.5, 0.6) is 0 Å². The minimum Gasteiger partial charge on any atom is -0.481 e. The number of aliphatic carboxylic acids is 1. The standard InChI is InChI=1S/C20H34O4/c1-13(2)19(23)11-6-12-20(24)15(19)8-7-14-17(3,16(21)22)9-5-10-18(14,20)4/h13-15,23-24H,5-12H2,1-4H3,(H,21,22)/t14-,15+,17-,18+,19-,20-/m1/s1. The summed E-state index contributed by atoms with van der Waals surface area (Å²) in [7, 11) is 0. The second kappa shape index (κ2) is 5.44. The van der Waals surface area contributed by atoms with Gasteiger partial charge in [0.15, 0.2) is 0 Å². The quantitative estimate of drug-likeness (QED) is 0.719. The van der Waals surface area contributed by atoms with Crippen molar-refractivity contribution in [3.05, 3.63) is 0 Å². The molecule has 0 saturated heterocycles.